The first-order valence-electron chi connectivity index (χ1n) is 6.21. The molecule has 0 aliphatic carbocycles. The summed E-state index contributed by atoms with van der Waals surface area (Å²) in [5.74, 6) is 0. The highest BCUT2D eigenvalue weighted by molar-refractivity contribution is 6.60. The molecule has 1 amide bonds. The van der Waals surface area contributed by atoms with Gasteiger partial charge in [-0.2, -0.15) is 0 Å². The summed E-state index contributed by atoms with van der Waals surface area (Å²) in [4.78, 5) is 14.4. The fraction of sp³-hybridized carbons (Fsp3) is 0.917. The third kappa shape index (κ3) is 8.98. The summed E-state index contributed by atoms with van der Waals surface area (Å²) < 4.78 is 21.6. The fourth-order valence-corrected chi connectivity index (χ4v) is 3.14. The molecule has 0 atom stereocenters. The molecule has 1 N–H and O–H groups in total. The van der Waals surface area contributed by atoms with Gasteiger partial charge in [0.25, 0.3) is 0 Å². The van der Waals surface area contributed by atoms with Gasteiger partial charge in [-0.1, -0.05) is 7.43 Å². The standard InChI is InChI=1S/C11H25NO5Si.CH4.H2/c1-7-14-18(15-8-2,16-9-3)12-10(13)17-11(4,5)6;;/h7-9H2,1-6H3,(H,12,13);1H4;1H/i;;1+1. The van der Waals surface area contributed by atoms with Crippen molar-refractivity contribution in [1.29, 1.82) is 0 Å². The van der Waals surface area contributed by atoms with Crippen LogP contribution in [0.2, 0.25) is 0 Å². The second-order valence-electron chi connectivity index (χ2n) is 4.48. The van der Waals surface area contributed by atoms with Crippen LogP contribution >= 0.6 is 0 Å². The molecule has 6 nitrogen and oxygen atoms in total. The Morgan fingerprint density at radius 3 is 1.68 bits per heavy atom. The van der Waals surface area contributed by atoms with E-state index in [2.05, 4.69) is 4.98 Å². The largest absolute Gasteiger partial charge is 0.636 e. The molecule has 0 aliphatic heterocycles. The molecule has 0 bridgehead atoms. The maximum Gasteiger partial charge on any atom is 0.636 e. The van der Waals surface area contributed by atoms with E-state index in [1.807, 2.05) is 20.8 Å². The maximum atomic E-state index is 11.8. The predicted octanol–water partition coefficient (Wildman–Crippen LogP) is 2.94. The molecule has 0 fully saturated rings. The predicted molar refractivity (Wildman–Crippen MR) is 78.8 cm³/mol. The van der Waals surface area contributed by atoms with Gasteiger partial charge < -0.3 is 18.0 Å². The Bertz CT molecular complexity index is 244. The van der Waals surface area contributed by atoms with Crippen LogP contribution < -0.4 is 4.98 Å². The normalized spacial score (nSPS) is 11.7. The van der Waals surface area contributed by atoms with E-state index in [1.165, 1.54) is 0 Å². The molecule has 7 heteroatoms. The van der Waals surface area contributed by atoms with E-state index >= 15 is 0 Å². The van der Waals surface area contributed by atoms with Crippen LogP contribution in [0.4, 0.5) is 4.79 Å². The van der Waals surface area contributed by atoms with Gasteiger partial charge in [-0.3, -0.25) is 4.98 Å². The zero-order chi connectivity index (χ0) is 14.2. The Kier molecular flexibility index (Phi) is 10.1. The van der Waals surface area contributed by atoms with Crippen molar-refractivity contribution in [3.05, 3.63) is 0 Å². The van der Waals surface area contributed by atoms with E-state index < -0.39 is 20.7 Å². The van der Waals surface area contributed by atoms with Crippen LogP contribution in [0, 0.1) is 0 Å². The van der Waals surface area contributed by atoms with E-state index in [4.69, 9.17) is 18.0 Å². The molecule has 0 aromatic carbocycles. The van der Waals surface area contributed by atoms with Crippen molar-refractivity contribution in [3.63, 3.8) is 0 Å². The summed E-state index contributed by atoms with van der Waals surface area (Å²) in [5.41, 5.74) is -0.575. The molecule has 0 rings (SSSR count). The average Bonchev–Trinajstić information content (AvgIpc) is 2.15. The minimum Gasteiger partial charge on any atom is -0.444 e. The average molecular weight is 298 g/mol. The summed E-state index contributed by atoms with van der Waals surface area (Å²) in [6, 6.07) is 0. The lowest BCUT2D eigenvalue weighted by molar-refractivity contribution is 0.0334. The van der Waals surface area contributed by atoms with E-state index in [0.717, 1.165) is 0 Å². The van der Waals surface area contributed by atoms with Crippen LogP contribution in [0.15, 0.2) is 0 Å². The number of hydrogen-bond acceptors (Lipinski definition) is 5. The van der Waals surface area contributed by atoms with Gasteiger partial charge in [0.1, 0.15) is 5.60 Å². The molecular weight excluding hydrogens is 266 g/mol. The molecule has 0 saturated heterocycles. The second-order valence-corrected chi connectivity index (χ2v) is 6.71. The molecule has 0 unspecified atom stereocenters. The topological polar surface area (TPSA) is 66.0 Å². The second kappa shape index (κ2) is 9.30. The van der Waals surface area contributed by atoms with Crippen LogP contribution in [0.5, 0.6) is 0 Å². The molecule has 0 radical (unpaired) electrons. The number of carbonyl (C=O) groups excluding carboxylic acids is 1. The van der Waals surface area contributed by atoms with Gasteiger partial charge in [0.2, 0.25) is 0 Å². The van der Waals surface area contributed by atoms with Gasteiger partial charge in [-0.05, 0) is 41.5 Å². The van der Waals surface area contributed by atoms with Crippen LogP contribution in [-0.4, -0.2) is 40.5 Å². The quantitative estimate of drug-likeness (QED) is 0.732. The molecular formula is C12H31NO5Si. The molecule has 0 aromatic rings. The third-order valence-electron chi connectivity index (χ3n) is 1.66. The van der Waals surface area contributed by atoms with Gasteiger partial charge in [0.05, 0.1) is 0 Å². The first-order chi connectivity index (χ1) is 8.28. The lowest BCUT2D eigenvalue weighted by Gasteiger charge is -2.29. The van der Waals surface area contributed by atoms with Crippen molar-refractivity contribution in [2.45, 2.75) is 54.6 Å². The van der Waals surface area contributed by atoms with Gasteiger partial charge in [0.15, 0.2) is 0 Å². The van der Waals surface area contributed by atoms with E-state index in [9.17, 15) is 4.79 Å². The minimum absolute atomic E-state index is 0. The highest BCUT2D eigenvalue weighted by Gasteiger charge is 2.45. The van der Waals surface area contributed by atoms with Crippen molar-refractivity contribution in [1.82, 2.24) is 4.98 Å². The Morgan fingerprint density at radius 2 is 1.42 bits per heavy atom. The number of amides is 1. The smallest absolute Gasteiger partial charge is 0.444 e. The number of carbonyl (C=O) groups is 1. The molecule has 19 heavy (non-hydrogen) atoms. The summed E-state index contributed by atoms with van der Waals surface area (Å²) in [6.45, 7) is 12.0. The van der Waals surface area contributed by atoms with Gasteiger partial charge in [-0.25, -0.2) is 4.79 Å². The maximum absolute atomic E-state index is 11.8. The van der Waals surface area contributed by atoms with Crippen LogP contribution in [0.3, 0.4) is 0 Å². The Labute approximate surface area is 119 Å². The molecule has 0 spiro atoms. The summed E-state index contributed by atoms with van der Waals surface area (Å²) in [5, 5.41) is 0. The van der Waals surface area contributed by atoms with E-state index in [1.54, 1.807) is 20.8 Å². The zero-order valence-corrected chi connectivity index (χ0v) is 13.2. The van der Waals surface area contributed by atoms with E-state index in [-0.39, 0.29) is 8.85 Å². The van der Waals surface area contributed by atoms with Crippen LogP contribution in [0.25, 0.3) is 0 Å². The number of ether oxygens (including phenoxy) is 1. The number of nitrogens with one attached hydrogen (secondary N) is 1. The molecule has 118 valence electrons. The van der Waals surface area contributed by atoms with Crippen molar-refractivity contribution in [3.8, 4) is 0 Å². The van der Waals surface area contributed by atoms with Crippen molar-refractivity contribution in [2.24, 2.45) is 0 Å². The fourth-order valence-electron chi connectivity index (χ4n) is 1.23. The van der Waals surface area contributed by atoms with Crippen molar-refractivity contribution in [2.75, 3.05) is 19.8 Å². The minimum atomic E-state index is -3.18. The first kappa shape index (κ1) is 20.7. The number of hydrogen-bond donors (Lipinski definition) is 1. The highest BCUT2D eigenvalue weighted by atomic mass is 28.4. The molecule has 0 heterocycles. The Balaban J connectivity index is -0.00000144. The SMILES string of the molecule is C.CCO[Si](NC(=O)OC(C)(C)C)(OCC)OCC.[2HH]. The monoisotopic (exact) mass is 298 g/mol. The Morgan fingerprint density at radius 1 is 1.05 bits per heavy atom. The highest BCUT2D eigenvalue weighted by Crippen LogP contribution is 2.10. The van der Waals surface area contributed by atoms with Gasteiger partial charge in [0, 0.05) is 21.2 Å². The van der Waals surface area contributed by atoms with Crippen molar-refractivity contribution < 1.29 is 24.2 Å². The third-order valence-corrected chi connectivity index (χ3v) is 4.17. The zero-order valence-electron chi connectivity index (χ0n) is 12.2. The van der Waals surface area contributed by atoms with Crippen molar-refractivity contribution >= 4 is 15.1 Å². The molecule has 0 saturated carbocycles. The van der Waals surface area contributed by atoms with Crippen LogP contribution in [-0.2, 0) is 18.0 Å². The summed E-state index contributed by atoms with van der Waals surface area (Å²) >= 11 is 0. The van der Waals surface area contributed by atoms with Gasteiger partial charge >= 0.3 is 15.1 Å². The lowest BCUT2D eigenvalue weighted by atomic mass is 10.2. The summed E-state index contributed by atoms with van der Waals surface area (Å²) in [7, 11) is -3.18. The summed E-state index contributed by atoms with van der Waals surface area (Å²) in [6.07, 6.45) is -0.593. The Hall–Kier alpha value is -0.633. The molecule has 0 aliphatic rings. The number of rotatable bonds is 7. The molecule has 0 aromatic heterocycles. The van der Waals surface area contributed by atoms with Crippen LogP contribution in [0.1, 0.15) is 50.4 Å². The van der Waals surface area contributed by atoms with Gasteiger partial charge in [-0.15, -0.1) is 0 Å². The first-order valence-corrected chi connectivity index (χ1v) is 7.94. The van der Waals surface area contributed by atoms with E-state index in [0.29, 0.717) is 19.8 Å². The lowest BCUT2D eigenvalue weighted by Crippen LogP contribution is -2.61.